The highest BCUT2D eigenvalue weighted by atomic mass is 35.5. The quantitative estimate of drug-likeness (QED) is 0.701. The van der Waals surface area contributed by atoms with E-state index in [4.69, 9.17) is 34.7 Å². The van der Waals surface area contributed by atoms with Crippen LogP contribution in [-0.4, -0.2) is 29.7 Å². The van der Waals surface area contributed by atoms with Crippen molar-refractivity contribution < 1.29 is 14.7 Å². The van der Waals surface area contributed by atoms with Crippen molar-refractivity contribution in [2.24, 2.45) is 0 Å². The number of nitrogens with one attached hydrogen (secondary N) is 2. The number of halogens is 2. The van der Waals surface area contributed by atoms with Gasteiger partial charge in [0.15, 0.2) is 0 Å². The molecule has 0 fully saturated rings. The first-order valence-corrected chi connectivity index (χ1v) is 6.84. The van der Waals surface area contributed by atoms with Gasteiger partial charge < -0.3 is 15.7 Å². The number of terminal acetylenes is 1. The highest BCUT2D eigenvalue weighted by molar-refractivity contribution is 6.35. The van der Waals surface area contributed by atoms with Gasteiger partial charge in [-0.3, -0.25) is 0 Å². The Bertz CT molecular complexity index is 570. The van der Waals surface area contributed by atoms with E-state index in [1.807, 2.05) is 0 Å². The molecule has 0 spiro atoms. The van der Waals surface area contributed by atoms with E-state index >= 15 is 0 Å². The maximum absolute atomic E-state index is 11.6. The van der Waals surface area contributed by atoms with Crippen LogP contribution in [0.3, 0.4) is 0 Å². The number of carboxylic acid groups (broad SMARTS) is 1. The summed E-state index contributed by atoms with van der Waals surface area (Å²) in [4.78, 5) is 22.4. The summed E-state index contributed by atoms with van der Waals surface area (Å²) in [5.74, 6) is 1.02. The third kappa shape index (κ3) is 5.94. The van der Waals surface area contributed by atoms with Gasteiger partial charge in [0, 0.05) is 23.0 Å². The van der Waals surface area contributed by atoms with Crippen LogP contribution in [0.5, 0.6) is 0 Å². The number of hydrogen-bond acceptors (Lipinski definition) is 2. The monoisotopic (exact) mass is 328 g/mol. The van der Waals surface area contributed by atoms with E-state index in [9.17, 15) is 9.59 Å². The lowest BCUT2D eigenvalue weighted by molar-refractivity contribution is -0.139. The molecule has 1 rings (SSSR count). The van der Waals surface area contributed by atoms with E-state index in [-0.39, 0.29) is 6.42 Å². The molecule has 0 saturated carbocycles. The molecule has 112 valence electrons. The van der Waals surface area contributed by atoms with E-state index in [0.717, 1.165) is 5.56 Å². The number of carbonyl (C=O) groups excluding carboxylic acids is 1. The SMILES string of the molecule is C#CCC(NC(=O)NCCc1ccc(Cl)cc1Cl)C(=O)O. The van der Waals surface area contributed by atoms with Gasteiger partial charge in [-0.25, -0.2) is 9.59 Å². The lowest BCUT2D eigenvalue weighted by Gasteiger charge is -2.13. The molecular weight excluding hydrogens is 315 g/mol. The van der Waals surface area contributed by atoms with Gasteiger partial charge in [-0.05, 0) is 24.1 Å². The van der Waals surface area contributed by atoms with Gasteiger partial charge in [0.05, 0.1) is 0 Å². The standard InChI is InChI=1S/C14H14Cl2N2O3/c1-2-3-12(13(19)20)18-14(21)17-7-6-9-4-5-10(15)8-11(9)16/h1,4-5,8,12H,3,6-7H2,(H,19,20)(H2,17,18,21). The molecule has 1 atom stereocenters. The van der Waals surface area contributed by atoms with E-state index in [1.165, 1.54) is 0 Å². The second-order valence-electron chi connectivity index (χ2n) is 4.19. The molecule has 0 bridgehead atoms. The first-order valence-electron chi connectivity index (χ1n) is 6.08. The molecule has 5 nitrogen and oxygen atoms in total. The molecule has 7 heteroatoms. The number of carboxylic acids is 1. The van der Waals surface area contributed by atoms with Crippen LogP contribution in [0, 0.1) is 12.3 Å². The fourth-order valence-corrected chi connectivity index (χ4v) is 2.07. The zero-order chi connectivity index (χ0) is 15.8. The minimum atomic E-state index is -1.18. The topological polar surface area (TPSA) is 78.4 Å². The Morgan fingerprint density at radius 2 is 2.10 bits per heavy atom. The van der Waals surface area contributed by atoms with Gasteiger partial charge in [-0.2, -0.15) is 0 Å². The Morgan fingerprint density at radius 1 is 1.38 bits per heavy atom. The van der Waals surface area contributed by atoms with Gasteiger partial charge in [0.25, 0.3) is 0 Å². The fourth-order valence-electron chi connectivity index (χ4n) is 1.56. The third-order valence-corrected chi connectivity index (χ3v) is 3.21. The third-order valence-electron chi connectivity index (χ3n) is 2.62. The number of benzene rings is 1. The van der Waals surface area contributed by atoms with Gasteiger partial charge in [-0.1, -0.05) is 29.3 Å². The number of aliphatic carboxylic acids is 1. The Hall–Kier alpha value is -1.90. The van der Waals surface area contributed by atoms with Crippen molar-refractivity contribution >= 4 is 35.2 Å². The maximum atomic E-state index is 11.6. The first kappa shape index (κ1) is 17.2. The van der Waals surface area contributed by atoms with E-state index in [1.54, 1.807) is 18.2 Å². The van der Waals surface area contributed by atoms with Crippen molar-refractivity contribution in [2.75, 3.05) is 6.54 Å². The number of amides is 2. The van der Waals surface area contributed by atoms with Gasteiger partial charge in [-0.15, -0.1) is 12.3 Å². The number of rotatable bonds is 6. The molecule has 0 aliphatic carbocycles. The molecule has 0 saturated heterocycles. The van der Waals surface area contributed by atoms with Crippen molar-refractivity contribution in [3.8, 4) is 12.3 Å². The molecule has 0 aliphatic rings. The minimum absolute atomic E-state index is 0.0776. The van der Waals surface area contributed by atoms with Crippen molar-refractivity contribution in [1.29, 1.82) is 0 Å². The summed E-state index contributed by atoms with van der Waals surface area (Å²) in [5.41, 5.74) is 0.833. The molecule has 1 aromatic rings. The summed E-state index contributed by atoms with van der Waals surface area (Å²) in [7, 11) is 0. The molecule has 0 radical (unpaired) electrons. The lowest BCUT2D eigenvalue weighted by Crippen LogP contribution is -2.46. The second kappa shape index (κ2) is 8.40. The smallest absolute Gasteiger partial charge is 0.327 e. The van der Waals surface area contributed by atoms with E-state index in [0.29, 0.717) is 23.0 Å². The van der Waals surface area contributed by atoms with Crippen molar-refractivity contribution in [3.63, 3.8) is 0 Å². The fraction of sp³-hybridized carbons (Fsp3) is 0.286. The van der Waals surface area contributed by atoms with Gasteiger partial charge >= 0.3 is 12.0 Å². The number of hydrogen-bond donors (Lipinski definition) is 3. The van der Waals surface area contributed by atoms with Crippen molar-refractivity contribution in [3.05, 3.63) is 33.8 Å². The van der Waals surface area contributed by atoms with E-state index in [2.05, 4.69) is 16.6 Å². The molecule has 21 heavy (non-hydrogen) atoms. The van der Waals surface area contributed by atoms with Crippen molar-refractivity contribution in [1.82, 2.24) is 10.6 Å². The molecular formula is C14H14Cl2N2O3. The average Bonchev–Trinajstić information content (AvgIpc) is 2.40. The molecule has 1 unspecified atom stereocenters. The Labute approximate surface area is 132 Å². The van der Waals surface area contributed by atoms with E-state index < -0.39 is 18.0 Å². The van der Waals surface area contributed by atoms with Crippen LogP contribution in [0.2, 0.25) is 10.0 Å². The second-order valence-corrected chi connectivity index (χ2v) is 5.03. The Morgan fingerprint density at radius 3 is 2.67 bits per heavy atom. The summed E-state index contributed by atoms with van der Waals surface area (Å²) >= 11 is 11.8. The van der Waals surface area contributed by atoms with Gasteiger partial charge in [0.2, 0.25) is 0 Å². The Balaban J connectivity index is 2.43. The molecule has 0 aromatic heterocycles. The summed E-state index contributed by atoms with van der Waals surface area (Å²) in [5, 5.41) is 14.7. The zero-order valence-corrected chi connectivity index (χ0v) is 12.5. The predicted molar refractivity (Wildman–Crippen MR) is 81.6 cm³/mol. The largest absolute Gasteiger partial charge is 0.480 e. The molecule has 3 N–H and O–H groups in total. The van der Waals surface area contributed by atoms with Crippen LogP contribution < -0.4 is 10.6 Å². The van der Waals surface area contributed by atoms with Crippen LogP contribution in [-0.2, 0) is 11.2 Å². The zero-order valence-electron chi connectivity index (χ0n) is 11.0. The van der Waals surface area contributed by atoms with Crippen LogP contribution in [0.25, 0.3) is 0 Å². The Kier molecular flexibility index (Phi) is 6.86. The number of urea groups is 1. The van der Waals surface area contributed by atoms with Crippen LogP contribution in [0.1, 0.15) is 12.0 Å². The van der Waals surface area contributed by atoms with Crippen LogP contribution in [0.15, 0.2) is 18.2 Å². The molecule has 1 aromatic carbocycles. The normalized spacial score (nSPS) is 11.3. The maximum Gasteiger partial charge on any atom is 0.327 e. The number of carbonyl (C=O) groups is 2. The molecule has 2 amide bonds. The minimum Gasteiger partial charge on any atom is -0.480 e. The molecule has 0 heterocycles. The lowest BCUT2D eigenvalue weighted by atomic mass is 10.1. The highest BCUT2D eigenvalue weighted by Gasteiger charge is 2.18. The highest BCUT2D eigenvalue weighted by Crippen LogP contribution is 2.20. The molecule has 0 aliphatic heterocycles. The van der Waals surface area contributed by atoms with Crippen LogP contribution in [0.4, 0.5) is 4.79 Å². The van der Waals surface area contributed by atoms with Gasteiger partial charge in [0.1, 0.15) is 6.04 Å². The van der Waals surface area contributed by atoms with Crippen LogP contribution >= 0.6 is 23.2 Å². The summed E-state index contributed by atoms with van der Waals surface area (Å²) in [6.45, 7) is 0.301. The summed E-state index contributed by atoms with van der Waals surface area (Å²) in [6.07, 6.45) is 5.46. The van der Waals surface area contributed by atoms with Crippen molar-refractivity contribution in [2.45, 2.75) is 18.9 Å². The summed E-state index contributed by atoms with van der Waals surface area (Å²) in [6, 6.07) is 3.39. The predicted octanol–water partition coefficient (Wildman–Crippen LogP) is 2.31. The average molecular weight is 329 g/mol. The summed E-state index contributed by atoms with van der Waals surface area (Å²) < 4.78 is 0. The first-order chi connectivity index (χ1) is 9.93.